The van der Waals surface area contributed by atoms with Gasteiger partial charge in [0.05, 0.1) is 12.0 Å². The van der Waals surface area contributed by atoms with Crippen molar-refractivity contribution < 1.29 is 9.59 Å². The molecule has 0 aliphatic carbocycles. The summed E-state index contributed by atoms with van der Waals surface area (Å²) in [5.74, 6) is -0.0312. The predicted octanol–water partition coefficient (Wildman–Crippen LogP) is 4.29. The van der Waals surface area contributed by atoms with Crippen molar-refractivity contribution in [2.24, 2.45) is 5.92 Å². The van der Waals surface area contributed by atoms with E-state index in [1.807, 2.05) is 40.6 Å². The van der Waals surface area contributed by atoms with E-state index in [-0.39, 0.29) is 17.9 Å². The Morgan fingerprint density at radius 2 is 1.90 bits per heavy atom. The van der Waals surface area contributed by atoms with E-state index < -0.39 is 5.92 Å². The van der Waals surface area contributed by atoms with Crippen LogP contribution in [-0.2, 0) is 4.79 Å². The molecule has 0 saturated carbocycles. The molecule has 166 valence electrons. The van der Waals surface area contributed by atoms with Crippen molar-refractivity contribution in [3.05, 3.63) is 57.8 Å². The molecule has 1 aromatic heterocycles. The largest absolute Gasteiger partial charge is 0.354 e. The molecule has 3 heterocycles. The van der Waals surface area contributed by atoms with Gasteiger partial charge >= 0.3 is 0 Å². The first kappa shape index (κ1) is 22.0. The van der Waals surface area contributed by atoms with Crippen molar-refractivity contribution in [3.8, 4) is 0 Å². The summed E-state index contributed by atoms with van der Waals surface area (Å²) in [6.07, 6.45) is 3.80. The molecule has 6 heteroatoms. The SMILES string of the molecule is CC(C)CN1C(=O)c2ccccc2[C@H](C(=O)NCCN2CCCCC2)[C@@H]1c1cccs1. The third kappa shape index (κ3) is 4.85. The Kier molecular flexibility index (Phi) is 7.08. The van der Waals surface area contributed by atoms with Gasteiger partial charge in [-0.25, -0.2) is 0 Å². The van der Waals surface area contributed by atoms with Crippen LogP contribution in [-0.4, -0.2) is 54.3 Å². The first-order chi connectivity index (χ1) is 15.1. The molecule has 1 saturated heterocycles. The Balaban J connectivity index is 1.62. The van der Waals surface area contributed by atoms with E-state index in [2.05, 4.69) is 30.1 Å². The van der Waals surface area contributed by atoms with Gasteiger partial charge in [-0.15, -0.1) is 11.3 Å². The predicted molar refractivity (Wildman–Crippen MR) is 125 cm³/mol. The molecule has 1 N–H and O–H groups in total. The molecule has 1 fully saturated rings. The van der Waals surface area contributed by atoms with Gasteiger partial charge in [0.25, 0.3) is 5.91 Å². The van der Waals surface area contributed by atoms with Gasteiger partial charge < -0.3 is 15.1 Å². The third-order valence-corrected chi connectivity index (χ3v) is 7.24. The van der Waals surface area contributed by atoms with Crippen molar-refractivity contribution >= 4 is 23.2 Å². The van der Waals surface area contributed by atoms with Crippen molar-refractivity contribution in [1.29, 1.82) is 0 Å². The standard InChI is InChI=1S/C25H33N3O2S/c1-18(2)17-28-23(21-11-8-16-31-21)22(19-9-4-5-10-20(19)25(28)30)24(29)26-12-15-27-13-6-3-7-14-27/h4-5,8-11,16,18,22-23H,3,6-7,12-15,17H2,1-2H3,(H,26,29)/t22-,23-/m0/s1. The Labute approximate surface area is 189 Å². The van der Waals surface area contributed by atoms with E-state index in [1.165, 1.54) is 19.3 Å². The monoisotopic (exact) mass is 439 g/mol. The molecule has 0 bridgehead atoms. The molecule has 4 rings (SSSR count). The lowest BCUT2D eigenvalue weighted by Gasteiger charge is -2.42. The number of rotatable bonds is 7. The highest BCUT2D eigenvalue weighted by molar-refractivity contribution is 7.10. The van der Waals surface area contributed by atoms with Gasteiger partial charge in [0.15, 0.2) is 0 Å². The molecule has 0 radical (unpaired) electrons. The van der Waals surface area contributed by atoms with Crippen molar-refractivity contribution in [1.82, 2.24) is 15.1 Å². The quantitative estimate of drug-likeness (QED) is 0.700. The molecular weight excluding hydrogens is 406 g/mol. The minimum absolute atomic E-state index is 0.0177. The summed E-state index contributed by atoms with van der Waals surface area (Å²) in [6, 6.07) is 11.4. The highest BCUT2D eigenvalue weighted by Crippen LogP contribution is 2.44. The number of likely N-dealkylation sites (tertiary alicyclic amines) is 1. The second kappa shape index (κ2) is 9.96. The molecule has 2 aromatic rings. The van der Waals surface area contributed by atoms with Crippen LogP contribution in [0.5, 0.6) is 0 Å². The Bertz CT molecular complexity index is 890. The van der Waals surface area contributed by atoms with E-state index >= 15 is 0 Å². The summed E-state index contributed by atoms with van der Waals surface area (Å²) >= 11 is 1.62. The molecule has 0 spiro atoms. The zero-order valence-electron chi connectivity index (χ0n) is 18.5. The zero-order chi connectivity index (χ0) is 21.8. The van der Waals surface area contributed by atoms with Crippen LogP contribution in [0.25, 0.3) is 0 Å². The van der Waals surface area contributed by atoms with Crippen molar-refractivity contribution in [3.63, 3.8) is 0 Å². The van der Waals surface area contributed by atoms with Crippen LogP contribution in [0.3, 0.4) is 0 Å². The summed E-state index contributed by atoms with van der Waals surface area (Å²) in [5.41, 5.74) is 1.51. The number of carbonyl (C=O) groups excluding carboxylic acids is 2. The first-order valence-electron chi connectivity index (χ1n) is 11.5. The minimum atomic E-state index is -0.396. The number of carbonyl (C=O) groups is 2. The van der Waals surface area contributed by atoms with Crippen LogP contribution in [0.15, 0.2) is 41.8 Å². The van der Waals surface area contributed by atoms with Crippen molar-refractivity contribution in [2.75, 3.05) is 32.7 Å². The molecule has 2 atom stereocenters. The maximum atomic E-state index is 13.6. The summed E-state index contributed by atoms with van der Waals surface area (Å²) in [7, 11) is 0. The Hall–Kier alpha value is -2.18. The molecular formula is C25H33N3O2S. The lowest BCUT2D eigenvalue weighted by Crippen LogP contribution is -2.49. The van der Waals surface area contributed by atoms with Gasteiger partial charge in [-0.1, -0.05) is 44.5 Å². The number of nitrogens with one attached hydrogen (secondary N) is 1. The maximum absolute atomic E-state index is 13.6. The van der Waals surface area contributed by atoms with Gasteiger partial charge in [0, 0.05) is 30.1 Å². The minimum Gasteiger partial charge on any atom is -0.354 e. The van der Waals surface area contributed by atoms with E-state index in [0.717, 1.165) is 30.1 Å². The summed E-state index contributed by atoms with van der Waals surface area (Å²) in [5, 5.41) is 5.23. The summed E-state index contributed by atoms with van der Waals surface area (Å²) < 4.78 is 0. The van der Waals surface area contributed by atoms with Crippen LogP contribution in [0.2, 0.25) is 0 Å². The summed E-state index contributed by atoms with van der Waals surface area (Å²) in [4.78, 5) is 32.4. The fraction of sp³-hybridized carbons (Fsp3) is 0.520. The fourth-order valence-electron chi connectivity index (χ4n) is 4.88. The molecule has 31 heavy (non-hydrogen) atoms. The number of piperidine rings is 1. The number of fused-ring (bicyclic) bond motifs is 1. The number of benzene rings is 1. The second-order valence-electron chi connectivity index (χ2n) is 9.07. The highest BCUT2D eigenvalue weighted by Gasteiger charge is 2.44. The molecule has 0 unspecified atom stereocenters. The Morgan fingerprint density at radius 1 is 1.13 bits per heavy atom. The van der Waals surface area contributed by atoms with Gasteiger partial charge in [0.1, 0.15) is 0 Å². The molecule has 2 aliphatic rings. The van der Waals surface area contributed by atoms with Crippen molar-refractivity contribution in [2.45, 2.75) is 45.1 Å². The molecule has 2 amide bonds. The molecule has 5 nitrogen and oxygen atoms in total. The summed E-state index contributed by atoms with van der Waals surface area (Å²) in [6.45, 7) is 8.64. The van der Waals surface area contributed by atoms with E-state index in [4.69, 9.17) is 0 Å². The molecule has 2 aliphatic heterocycles. The molecule has 1 aromatic carbocycles. The number of thiophene rings is 1. The van der Waals surface area contributed by atoms with Crippen LogP contribution in [0.4, 0.5) is 0 Å². The van der Waals surface area contributed by atoms with Crippen LogP contribution < -0.4 is 5.32 Å². The number of nitrogens with zero attached hydrogens (tertiary/aromatic N) is 2. The van der Waals surface area contributed by atoms with Gasteiger partial charge in [0.2, 0.25) is 5.91 Å². The lowest BCUT2D eigenvalue weighted by atomic mass is 9.81. The average Bonchev–Trinajstić information content (AvgIpc) is 3.30. The average molecular weight is 440 g/mol. The third-order valence-electron chi connectivity index (χ3n) is 6.29. The highest BCUT2D eigenvalue weighted by atomic mass is 32.1. The van der Waals surface area contributed by atoms with Gasteiger partial charge in [-0.05, 0) is 54.9 Å². The smallest absolute Gasteiger partial charge is 0.254 e. The van der Waals surface area contributed by atoms with E-state index in [9.17, 15) is 9.59 Å². The number of hydrogen-bond donors (Lipinski definition) is 1. The van der Waals surface area contributed by atoms with Crippen LogP contribution in [0, 0.1) is 5.92 Å². The number of hydrogen-bond acceptors (Lipinski definition) is 4. The zero-order valence-corrected chi connectivity index (χ0v) is 19.4. The Morgan fingerprint density at radius 3 is 2.61 bits per heavy atom. The van der Waals surface area contributed by atoms with E-state index in [0.29, 0.717) is 24.6 Å². The normalized spacial score (nSPS) is 21.9. The fourth-order valence-corrected chi connectivity index (χ4v) is 5.75. The van der Waals surface area contributed by atoms with Gasteiger partial charge in [-0.3, -0.25) is 9.59 Å². The van der Waals surface area contributed by atoms with Crippen LogP contribution in [0.1, 0.15) is 65.9 Å². The lowest BCUT2D eigenvalue weighted by molar-refractivity contribution is -0.124. The van der Waals surface area contributed by atoms with E-state index in [1.54, 1.807) is 11.3 Å². The first-order valence-corrected chi connectivity index (χ1v) is 12.4. The van der Waals surface area contributed by atoms with Gasteiger partial charge in [-0.2, -0.15) is 0 Å². The van der Waals surface area contributed by atoms with Crippen LogP contribution >= 0.6 is 11.3 Å². The maximum Gasteiger partial charge on any atom is 0.254 e. The topological polar surface area (TPSA) is 52.7 Å². The number of amides is 2. The second-order valence-corrected chi connectivity index (χ2v) is 10.0.